The second kappa shape index (κ2) is 12.0. The highest BCUT2D eigenvalue weighted by Crippen LogP contribution is 2.39. The molecule has 1 heterocycles. The van der Waals surface area contributed by atoms with Crippen molar-refractivity contribution in [3.05, 3.63) is 66.8 Å². The smallest absolute Gasteiger partial charge is 0.340 e. The zero-order chi connectivity index (χ0) is 27.4. The molecule has 1 aliphatic rings. The molecule has 3 aromatic rings. The Hall–Kier alpha value is -3.38. The molecule has 202 valence electrons. The van der Waals surface area contributed by atoms with E-state index >= 15 is 0 Å². The summed E-state index contributed by atoms with van der Waals surface area (Å²) in [6.45, 7) is 14.3. The number of rotatable bonds is 10. The Labute approximate surface area is 225 Å². The van der Waals surface area contributed by atoms with Crippen molar-refractivity contribution in [1.29, 1.82) is 0 Å². The number of methoxy groups -OCH3 is 1. The molecule has 0 N–H and O–H groups in total. The molecule has 0 aliphatic heterocycles. The number of carbonyl (C=O) groups excluding carboxylic acids is 2. The zero-order valence-corrected chi connectivity index (χ0v) is 23.0. The normalized spacial score (nSPS) is 18.4. The molecule has 1 fully saturated rings. The van der Waals surface area contributed by atoms with E-state index in [2.05, 4.69) is 26.1 Å². The van der Waals surface area contributed by atoms with Gasteiger partial charge in [-0.2, -0.15) is 0 Å². The predicted molar refractivity (Wildman–Crippen MR) is 153 cm³/mol. The number of nitrogens with zero attached hydrogens (tertiary/aromatic N) is 1. The molecule has 1 aromatic heterocycles. The Balaban J connectivity index is 1.86. The van der Waals surface area contributed by atoms with Crippen molar-refractivity contribution in [3.63, 3.8) is 0 Å². The molecule has 1 unspecified atom stereocenters. The number of hydrogen-bond donors (Lipinski definition) is 0. The van der Waals surface area contributed by atoms with Crippen LogP contribution in [0.4, 0.5) is 5.69 Å². The summed E-state index contributed by atoms with van der Waals surface area (Å²) in [7, 11) is 1.36. The van der Waals surface area contributed by atoms with E-state index in [4.69, 9.17) is 13.9 Å². The van der Waals surface area contributed by atoms with E-state index in [0.717, 1.165) is 42.0 Å². The van der Waals surface area contributed by atoms with E-state index < -0.39 is 5.97 Å². The van der Waals surface area contributed by atoms with Gasteiger partial charge < -0.3 is 18.8 Å². The van der Waals surface area contributed by atoms with Crippen LogP contribution < -0.4 is 4.90 Å². The first kappa shape index (κ1) is 27.6. The number of ether oxygens (including phenoxy) is 2. The summed E-state index contributed by atoms with van der Waals surface area (Å²) >= 11 is 0. The van der Waals surface area contributed by atoms with Crippen molar-refractivity contribution in [3.8, 4) is 0 Å². The lowest BCUT2D eigenvalue weighted by Gasteiger charge is -2.34. The van der Waals surface area contributed by atoms with Gasteiger partial charge in [0.15, 0.2) is 0 Å². The number of furan rings is 1. The van der Waals surface area contributed by atoms with Crippen LogP contribution in [0.1, 0.15) is 74.9 Å². The van der Waals surface area contributed by atoms with Crippen LogP contribution in [-0.4, -0.2) is 31.6 Å². The zero-order valence-electron chi connectivity index (χ0n) is 23.0. The Morgan fingerprint density at radius 2 is 1.76 bits per heavy atom. The third-order valence-electron chi connectivity index (χ3n) is 7.56. The molecular weight excluding hydrogens is 478 g/mol. The van der Waals surface area contributed by atoms with E-state index in [0.29, 0.717) is 41.4 Å². The van der Waals surface area contributed by atoms with E-state index in [1.54, 1.807) is 17.0 Å². The van der Waals surface area contributed by atoms with Gasteiger partial charge in [0.1, 0.15) is 11.2 Å². The number of benzene rings is 2. The second-order valence-corrected chi connectivity index (χ2v) is 10.6. The lowest BCUT2D eigenvalue weighted by Crippen LogP contribution is -2.43. The molecule has 0 saturated heterocycles. The Kier molecular flexibility index (Phi) is 8.72. The van der Waals surface area contributed by atoms with Gasteiger partial charge in [-0.1, -0.05) is 25.1 Å². The van der Waals surface area contributed by atoms with Gasteiger partial charge in [-0.25, -0.2) is 4.79 Å². The van der Waals surface area contributed by atoms with Crippen LogP contribution >= 0.6 is 0 Å². The molecule has 38 heavy (non-hydrogen) atoms. The van der Waals surface area contributed by atoms with Gasteiger partial charge in [0.25, 0.3) is 0 Å². The summed E-state index contributed by atoms with van der Waals surface area (Å²) in [5, 5.41) is 1.73. The van der Waals surface area contributed by atoms with E-state index in [1.165, 1.54) is 7.11 Å². The highest BCUT2D eigenvalue weighted by molar-refractivity contribution is 6.12. The van der Waals surface area contributed by atoms with Crippen LogP contribution in [0.5, 0.6) is 0 Å². The Morgan fingerprint density at radius 1 is 1.05 bits per heavy atom. The van der Waals surface area contributed by atoms with Gasteiger partial charge in [0, 0.05) is 22.7 Å². The SMILES string of the molecule is C=CCOC(CC=C)c1ccc2oc3cc(C(=O)OC)c(N(C(=O)C4CCC(C)CC4)C(C)C)cc3c2c1. The van der Waals surface area contributed by atoms with Crippen molar-refractivity contribution < 1.29 is 23.5 Å². The highest BCUT2D eigenvalue weighted by atomic mass is 16.5. The summed E-state index contributed by atoms with van der Waals surface area (Å²) in [6, 6.07) is 9.44. The molecule has 1 amide bonds. The number of carbonyl (C=O) groups is 2. The maximum absolute atomic E-state index is 13.9. The minimum atomic E-state index is -0.498. The van der Waals surface area contributed by atoms with E-state index in [1.807, 2.05) is 38.1 Å². The van der Waals surface area contributed by atoms with Gasteiger partial charge in [-0.3, -0.25) is 4.79 Å². The lowest BCUT2D eigenvalue weighted by atomic mass is 9.82. The number of hydrogen-bond acceptors (Lipinski definition) is 5. The molecule has 0 radical (unpaired) electrons. The van der Waals surface area contributed by atoms with Crippen LogP contribution in [0.25, 0.3) is 21.9 Å². The monoisotopic (exact) mass is 517 g/mol. The van der Waals surface area contributed by atoms with Crippen molar-refractivity contribution in [2.45, 2.75) is 65.0 Å². The third-order valence-corrected chi connectivity index (χ3v) is 7.56. The summed E-state index contributed by atoms with van der Waals surface area (Å²) < 4.78 is 17.3. The largest absolute Gasteiger partial charge is 0.465 e. The van der Waals surface area contributed by atoms with Gasteiger partial charge in [-0.05, 0) is 81.7 Å². The number of esters is 1. The maximum Gasteiger partial charge on any atom is 0.340 e. The third kappa shape index (κ3) is 5.56. The van der Waals surface area contributed by atoms with Crippen LogP contribution in [0.3, 0.4) is 0 Å². The Bertz CT molecular complexity index is 1330. The maximum atomic E-state index is 13.9. The van der Waals surface area contributed by atoms with Gasteiger partial charge >= 0.3 is 5.97 Å². The highest BCUT2D eigenvalue weighted by Gasteiger charge is 2.33. The van der Waals surface area contributed by atoms with Crippen LogP contribution in [0.15, 0.2) is 60.1 Å². The summed E-state index contributed by atoms with van der Waals surface area (Å²) in [5.41, 5.74) is 3.14. The van der Waals surface area contributed by atoms with Gasteiger partial charge in [-0.15, -0.1) is 13.2 Å². The number of fused-ring (bicyclic) bond motifs is 3. The van der Waals surface area contributed by atoms with Crippen molar-refractivity contribution in [2.75, 3.05) is 18.6 Å². The second-order valence-electron chi connectivity index (χ2n) is 10.6. The van der Waals surface area contributed by atoms with E-state index in [-0.39, 0.29) is 24.0 Å². The fourth-order valence-electron chi connectivity index (χ4n) is 5.49. The molecule has 2 aromatic carbocycles. The first-order valence-corrected chi connectivity index (χ1v) is 13.5. The molecule has 1 saturated carbocycles. The van der Waals surface area contributed by atoms with E-state index in [9.17, 15) is 9.59 Å². The van der Waals surface area contributed by atoms with Crippen LogP contribution in [0.2, 0.25) is 0 Å². The summed E-state index contributed by atoms with van der Waals surface area (Å²) in [6.07, 6.45) is 7.87. The molecule has 0 spiro atoms. The molecule has 0 bridgehead atoms. The first-order chi connectivity index (χ1) is 18.3. The molecule has 6 heteroatoms. The lowest BCUT2D eigenvalue weighted by molar-refractivity contribution is -0.123. The first-order valence-electron chi connectivity index (χ1n) is 13.5. The average molecular weight is 518 g/mol. The standard InChI is InChI=1S/C32H39NO5/c1-7-9-28(37-16-8-2)23-14-15-29-24(17-23)25-18-27(26(32(35)36-6)19-30(25)38-29)33(20(3)4)31(34)22-12-10-21(5)11-13-22/h7-8,14-15,17-22,28H,1-2,9-13,16H2,3-6H3. The topological polar surface area (TPSA) is 69.0 Å². The molecule has 6 nitrogen and oxygen atoms in total. The fraction of sp³-hybridized carbons (Fsp3) is 0.438. The molecule has 4 rings (SSSR count). The van der Waals surface area contributed by atoms with Crippen LogP contribution in [-0.2, 0) is 14.3 Å². The number of amides is 1. The van der Waals surface area contributed by atoms with Gasteiger partial charge in [0.2, 0.25) is 5.91 Å². The molecule has 1 atom stereocenters. The fourth-order valence-corrected chi connectivity index (χ4v) is 5.49. The number of anilines is 1. The average Bonchev–Trinajstić information content (AvgIpc) is 3.27. The minimum Gasteiger partial charge on any atom is -0.465 e. The summed E-state index contributed by atoms with van der Waals surface area (Å²) in [5.74, 6) is 0.154. The van der Waals surface area contributed by atoms with Crippen molar-refractivity contribution in [1.82, 2.24) is 0 Å². The van der Waals surface area contributed by atoms with Gasteiger partial charge in [0.05, 0.1) is 31.1 Å². The quantitative estimate of drug-likeness (QED) is 0.203. The van der Waals surface area contributed by atoms with Crippen LogP contribution in [0, 0.1) is 11.8 Å². The predicted octanol–water partition coefficient (Wildman–Crippen LogP) is 7.76. The van der Waals surface area contributed by atoms with Crippen molar-refractivity contribution in [2.24, 2.45) is 11.8 Å². The van der Waals surface area contributed by atoms with Crippen molar-refractivity contribution >= 4 is 39.5 Å². The minimum absolute atomic E-state index is 0.0517. The Morgan fingerprint density at radius 3 is 2.39 bits per heavy atom. The molecular formula is C32H39NO5. The summed E-state index contributed by atoms with van der Waals surface area (Å²) in [4.78, 5) is 28.6. The molecule has 1 aliphatic carbocycles.